The van der Waals surface area contributed by atoms with Gasteiger partial charge >= 0.3 is 17.1 Å². The van der Waals surface area contributed by atoms with Gasteiger partial charge in [0.25, 0.3) is 0 Å². The molecule has 4 rings (SSSR count). The fraction of sp³-hybridized carbons (Fsp3) is 0.174. The number of aryl methyl sites for hydroxylation is 2. The third-order valence-corrected chi connectivity index (χ3v) is 5.43. The first-order valence-corrected chi connectivity index (χ1v) is 9.91. The number of rotatable bonds is 6. The predicted molar refractivity (Wildman–Crippen MR) is 120 cm³/mol. The zero-order valence-electron chi connectivity index (χ0n) is 17.5. The normalized spacial score (nSPS) is 11.1. The number of hydrogen-bond acceptors (Lipinski definition) is 5. The minimum Gasteiger partial charge on any atom is -0.287 e. The molecule has 0 spiro atoms. The molecule has 0 aliphatic rings. The number of fused-ring (bicyclic) bond motifs is 1. The molecule has 32 heavy (non-hydrogen) atoms. The summed E-state index contributed by atoms with van der Waals surface area (Å²) in [6, 6.07) is 17.4. The number of nitro benzene ring substituents is 2. The monoisotopic (exact) mass is 432 g/mol. The average Bonchev–Trinajstić information content (AvgIpc) is 3.01. The van der Waals surface area contributed by atoms with Gasteiger partial charge in [0.2, 0.25) is 0 Å². The molecule has 0 radical (unpaired) electrons. The van der Waals surface area contributed by atoms with Gasteiger partial charge < -0.3 is 0 Å². The van der Waals surface area contributed by atoms with E-state index >= 15 is 0 Å². The van der Waals surface area contributed by atoms with Gasteiger partial charge in [-0.3, -0.25) is 29.4 Å². The number of benzene rings is 3. The van der Waals surface area contributed by atoms with Crippen LogP contribution in [0, 0.1) is 34.1 Å². The summed E-state index contributed by atoms with van der Waals surface area (Å²) in [6.45, 7) is 4.27. The molecule has 1 heterocycles. The number of imidazole rings is 1. The maximum absolute atomic E-state index is 13.4. The molecular formula is C23H20N4O5. The van der Waals surface area contributed by atoms with Crippen molar-refractivity contribution >= 4 is 22.4 Å². The Labute approximate surface area is 182 Å². The van der Waals surface area contributed by atoms with E-state index in [4.69, 9.17) is 0 Å². The van der Waals surface area contributed by atoms with Gasteiger partial charge in [-0.25, -0.2) is 4.79 Å². The number of aromatic nitrogens is 2. The summed E-state index contributed by atoms with van der Waals surface area (Å²) in [5.41, 5.74) is 2.68. The Morgan fingerprint density at radius 3 is 1.34 bits per heavy atom. The lowest BCUT2D eigenvalue weighted by Gasteiger charge is -2.05. The smallest absolute Gasteiger partial charge is 0.287 e. The van der Waals surface area contributed by atoms with Crippen molar-refractivity contribution in [3.63, 3.8) is 0 Å². The van der Waals surface area contributed by atoms with Crippen LogP contribution in [0.25, 0.3) is 11.0 Å². The van der Waals surface area contributed by atoms with Crippen molar-refractivity contribution in [2.24, 2.45) is 0 Å². The highest BCUT2D eigenvalue weighted by Crippen LogP contribution is 2.32. The Balaban J connectivity index is 1.95. The van der Waals surface area contributed by atoms with E-state index in [0.29, 0.717) is 0 Å². The van der Waals surface area contributed by atoms with Gasteiger partial charge in [0, 0.05) is 12.1 Å². The second-order valence-electron chi connectivity index (χ2n) is 7.77. The molecule has 0 aliphatic heterocycles. The van der Waals surface area contributed by atoms with Crippen LogP contribution in [0.2, 0.25) is 0 Å². The average molecular weight is 432 g/mol. The Morgan fingerprint density at radius 1 is 0.688 bits per heavy atom. The molecule has 9 heteroatoms. The summed E-state index contributed by atoms with van der Waals surface area (Å²) in [5, 5.41) is 23.0. The second kappa shape index (κ2) is 8.10. The van der Waals surface area contributed by atoms with Crippen LogP contribution in [0.5, 0.6) is 0 Å². The van der Waals surface area contributed by atoms with E-state index in [9.17, 15) is 25.0 Å². The molecule has 0 fully saturated rings. The standard InChI is InChI=1S/C23H20N4O5/c1-15-3-7-17(8-4-15)13-24-19-11-21(26(29)30)22(27(31)32)12-20(19)25(23(24)28)14-18-9-5-16(2)6-10-18/h3-12H,13-14H2,1-2H3. The zero-order chi connectivity index (χ0) is 23.0. The van der Waals surface area contributed by atoms with Crippen LogP contribution >= 0.6 is 0 Å². The van der Waals surface area contributed by atoms with Gasteiger partial charge in [0.1, 0.15) is 0 Å². The van der Waals surface area contributed by atoms with E-state index in [0.717, 1.165) is 34.4 Å². The number of hydrogen-bond donors (Lipinski definition) is 0. The molecule has 0 saturated heterocycles. The molecule has 0 N–H and O–H groups in total. The molecule has 0 unspecified atom stereocenters. The third-order valence-electron chi connectivity index (χ3n) is 5.43. The first-order chi connectivity index (χ1) is 15.2. The zero-order valence-corrected chi connectivity index (χ0v) is 17.5. The van der Waals surface area contributed by atoms with Crippen LogP contribution in [0.15, 0.2) is 65.5 Å². The fourth-order valence-corrected chi connectivity index (χ4v) is 3.69. The summed E-state index contributed by atoms with van der Waals surface area (Å²) in [6.07, 6.45) is 0. The van der Waals surface area contributed by atoms with Gasteiger partial charge in [0.05, 0.1) is 34.0 Å². The third kappa shape index (κ3) is 3.87. The maximum Gasteiger partial charge on any atom is 0.348 e. The van der Waals surface area contributed by atoms with Crippen molar-refractivity contribution in [3.8, 4) is 0 Å². The maximum atomic E-state index is 13.4. The lowest BCUT2D eigenvalue weighted by molar-refractivity contribution is -0.422. The van der Waals surface area contributed by atoms with Crippen molar-refractivity contribution in [1.29, 1.82) is 0 Å². The molecule has 162 valence electrons. The Bertz CT molecular complexity index is 1290. The molecule has 0 saturated carbocycles. The quantitative estimate of drug-likeness (QED) is 0.332. The van der Waals surface area contributed by atoms with Gasteiger partial charge in [-0.2, -0.15) is 0 Å². The molecule has 0 bridgehead atoms. The van der Waals surface area contributed by atoms with Crippen molar-refractivity contribution in [1.82, 2.24) is 9.13 Å². The highest BCUT2D eigenvalue weighted by Gasteiger charge is 2.28. The van der Waals surface area contributed by atoms with Gasteiger partial charge in [-0.15, -0.1) is 0 Å². The summed E-state index contributed by atoms with van der Waals surface area (Å²) in [7, 11) is 0. The molecule has 0 atom stereocenters. The fourth-order valence-electron chi connectivity index (χ4n) is 3.69. The number of nitrogens with zero attached hydrogens (tertiary/aromatic N) is 4. The van der Waals surface area contributed by atoms with E-state index in [1.807, 2.05) is 62.4 Å². The number of nitro groups is 2. The Hall–Kier alpha value is -4.27. The molecule has 1 aromatic heterocycles. The molecule has 4 aromatic rings. The molecular weight excluding hydrogens is 412 g/mol. The van der Waals surface area contributed by atoms with Crippen LogP contribution in [-0.2, 0) is 13.1 Å². The topological polar surface area (TPSA) is 113 Å². The summed E-state index contributed by atoms with van der Waals surface area (Å²) >= 11 is 0. The van der Waals surface area contributed by atoms with Crippen molar-refractivity contribution in [2.45, 2.75) is 26.9 Å². The lowest BCUT2D eigenvalue weighted by Crippen LogP contribution is -2.25. The largest absolute Gasteiger partial charge is 0.348 e. The minimum absolute atomic E-state index is 0.186. The van der Waals surface area contributed by atoms with Gasteiger partial charge in [0.15, 0.2) is 0 Å². The predicted octanol–water partition coefficient (Wildman–Crippen LogP) is 4.33. The molecule has 0 amide bonds. The van der Waals surface area contributed by atoms with Crippen LogP contribution in [-0.4, -0.2) is 19.0 Å². The van der Waals surface area contributed by atoms with Crippen molar-refractivity contribution < 1.29 is 9.85 Å². The van der Waals surface area contributed by atoms with E-state index < -0.39 is 26.9 Å². The van der Waals surface area contributed by atoms with E-state index in [1.165, 1.54) is 9.13 Å². The SMILES string of the molecule is Cc1ccc(Cn2c(=O)n(Cc3ccc(C)cc3)c3cc([N+](=O)[O-])c([N+](=O)[O-])cc32)cc1. The Kier molecular flexibility index (Phi) is 5.31. The first-order valence-electron chi connectivity index (χ1n) is 9.91. The van der Waals surface area contributed by atoms with Crippen LogP contribution in [0.1, 0.15) is 22.3 Å². The van der Waals surface area contributed by atoms with E-state index in [1.54, 1.807) is 0 Å². The van der Waals surface area contributed by atoms with Crippen molar-refractivity contribution in [3.05, 3.63) is 114 Å². The highest BCUT2D eigenvalue weighted by molar-refractivity contribution is 5.84. The minimum atomic E-state index is -0.796. The van der Waals surface area contributed by atoms with Crippen LogP contribution in [0.3, 0.4) is 0 Å². The summed E-state index contributed by atoms with van der Waals surface area (Å²) in [4.78, 5) is 34.8. The van der Waals surface area contributed by atoms with E-state index in [2.05, 4.69) is 0 Å². The Morgan fingerprint density at radius 2 is 1.03 bits per heavy atom. The molecule has 0 aliphatic carbocycles. The highest BCUT2D eigenvalue weighted by atomic mass is 16.6. The van der Waals surface area contributed by atoms with Gasteiger partial charge in [-0.1, -0.05) is 59.7 Å². The van der Waals surface area contributed by atoms with Crippen LogP contribution in [0.4, 0.5) is 11.4 Å². The van der Waals surface area contributed by atoms with Crippen LogP contribution < -0.4 is 5.69 Å². The van der Waals surface area contributed by atoms with Crippen molar-refractivity contribution in [2.75, 3.05) is 0 Å². The molecule has 3 aromatic carbocycles. The molecule has 9 nitrogen and oxygen atoms in total. The lowest BCUT2D eigenvalue weighted by atomic mass is 10.1. The summed E-state index contributed by atoms with van der Waals surface area (Å²) < 4.78 is 2.84. The van der Waals surface area contributed by atoms with Gasteiger partial charge in [-0.05, 0) is 25.0 Å². The van der Waals surface area contributed by atoms with E-state index in [-0.39, 0.29) is 24.1 Å². The summed E-state index contributed by atoms with van der Waals surface area (Å²) in [5.74, 6) is 0. The second-order valence-corrected chi connectivity index (χ2v) is 7.77. The first kappa shape index (κ1) is 21.0.